The van der Waals surface area contributed by atoms with E-state index in [4.69, 9.17) is 0 Å². The fourth-order valence-corrected chi connectivity index (χ4v) is 2.84. The molecule has 0 radical (unpaired) electrons. The molecule has 2 aliphatic rings. The van der Waals surface area contributed by atoms with Gasteiger partial charge >= 0.3 is 0 Å². The lowest BCUT2D eigenvalue weighted by molar-refractivity contribution is -0.142. The van der Waals surface area contributed by atoms with Crippen LogP contribution in [0.15, 0.2) is 0 Å². The molecule has 0 N–H and O–H groups in total. The molecule has 0 aromatic rings. The van der Waals surface area contributed by atoms with Crippen molar-refractivity contribution in [3.8, 4) is 0 Å². The summed E-state index contributed by atoms with van der Waals surface area (Å²) >= 11 is 3.36. The molecule has 0 aromatic heterocycles. The van der Waals surface area contributed by atoms with Crippen LogP contribution in [-0.2, 0) is 9.59 Å². The monoisotopic (exact) mass is 274 g/mol. The number of hydrogen-bond donors (Lipinski definition) is 0. The van der Waals surface area contributed by atoms with Crippen LogP contribution in [-0.4, -0.2) is 52.6 Å². The van der Waals surface area contributed by atoms with Crippen LogP contribution >= 0.6 is 15.9 Å². The summed E-state index contributed by atoms with van der Waals surface area (Å²) in [5.74, 6) is 0.167. The van der Waals surface area contributed by atoms with Gasteiger partial charge in [-0.15, -0.1) is 0 Å². The van der Waals surface area contributed by atoms with E-state index < -0.39 is 0 Å². The fraction of sp³-hybridized carbons (Fsp3) is 0.800. The Kier molecular flexibility index (Phi) is 3.00. The van der Waals surface area contributed by atoms with Gasteiger partial charge in [0.25, 0.3) is 0 Å². The Morgan fingerprint density at radius 2 is 1.93 bits per heavy atom. The molecule has 2 amide bonds. The number of rotatable bonds is 1. The van der Waals surface area contributed by atoms with E-state index in [2.05, 4.69) is 15.9 Å². The average molecular weight is 275 g/mol. The standard InChI is InChI=1S/C10H15BrN2O2/c1-12-6-4-8(10(12)15)13-5-2-3-7(11)9(13)14/h7-8H,2-6H2,1H3. The third-order valence-electron chi connectivity index (χ3n) is 3.18. The zero-order chi connectivity index (χ0) is 11.0. The van der Waals surface area contributed by atoms with Crippen LogP contribution in [0.1, 0.15) is 19.3 Å². The minimum Gasteiger partial charge on any atom is -0.344 e. The molecular formula is C10H15BrN2O2. The normalized spacial score (nSPS) is 32.7. The second kappa shape index (κ2) is 4.12. The lowest BCUT2D eigenvalue weighted by atomic mass is 10.1. The Hall–Kier alpha value is -0.580. The molecule has 2 fully saturated rings. The molecule has 2 atom stereocenters. The van der Waals surface area contributed by atoms with Crippen LogP contribution in [0, 0.1) is 0 Å². The lowest BCUT2D eigenvalue weighted by Gasteiger charge is -2.33. The molecule has 0 aliphatic carbocycles. The Morgan fingerprint density at radius 3 is 2.53 bits per heavy atom. The summed E-state index contributed by atoms with van der Waals surface area (Å²) in [5.41, 5.74) is 0. The summed E-state index contributed by atoms with van der Waals surface area (Å²) < 4.78 is 0. The highest BCUT2D eigenvalue weighted by atomic mass is 79.9. The van der Waals surface area contributed by atoms with Crippen molar-refractivity contribution in [3.05, 3.63) is 0 Å². The van der Waals surface area contributed by atoms with Gasteiger partial charge in [0.15, 0.2) is 0 Å². The summed E-state index contributed by atoms with van der Waals surface area (Å²) in [5, 5.41) is 0. The number of hydrogen-bond acceptors (Lipinski definition) is 2. The largest absolute Gasteiger partial charge is 0.344 e. The van der Waals surface area contributed by atoms with E-state index in [0.717, 1.165) is 32.4 Å². The highest BCUT2D eigenvalue weighted by Crippen LogP contribution is 2.24. The second-order valence-corrected chi connectivity index (χ2v) is 5.31. The van der Waals surface area contributed by atoms with Gasteiger partial charge in [0.05, 0.1) is 4.83 Å². The Labute approximate surface area is 97.7 Å². The first-order valence-electron chi connectivity index (χ1n) is 5.31. The van der Waals surface area contributed by atoms with Crippen LogP contribution < -0.4 is 0 Å². The van der Waals surface area contributed by atoms with Gasteiger partial charge in [-0.2, -0.15) is 0 Å². The number of halogens is 1. The van der Waals surface area contributed by atoms with Crippen LogP contribution in [0.25, 0.3) is 0 Å². The molecule has 2 aliphatic heterocycles. The minimum atomic E-state index is -0.206. The number of carbonyl (C=O) groups is 2. The summed E-state index contributed by atoms with van der Waals surface area (Å²) in [6.45, 7) is 1.49. The Balaban J connectivity index is 2.10. The van der Waals surface area contributed by atoms with Crippen LogP contribution in [0.3, 0.4) is 0 Å². The average Bonchev–Trinajstić information content (AvgIpc) is 2.53. The first-order chi connectivity index (χ1) is 7.11. The van der Waals surface area contributed by atoms with Crippen molar-refractivity contribution in [1.29, 1.82) is 0 Å². The fourth-order valence-electron chi connectivity index (χ4n) is 2.26. The number of carbonyl (C=O) groups excluding carboxylic acids is 2. The van der Waals surface area contributed by atoms with E-state index in [1.54, 1.807) is 16.8 Å². The number of alkyl halides is 1. The summed E-state index contributed by atoms with van der Waals surface area (Å²) in [6, 6.07) is -0.206. The van der Waals surface area contributed by atoms with Crippen molar-refractivity contribution in [1.82, 2.24) is 9.80 Å². The predicted molar refractivity (Wildman–Crippen MR) is 59.7 cm³/mol. The topological polar surface area (TPSA) is 40.6 Å². The number of nitrogens with zero attached hydrogens (tertiary/aromatic N) is 2. The molecular weight excluding hydrogens is 260 g/mol. The number of likely N-dealkylation sites (tertiary alicyclic amines) is 2. The molecule has 2 unspecified atom stereocenters. The van der Waals surface area contributed by atoms with E-state index in [1.165, 1.54) is 0 Å². The molecule has 2 rings (SSSR count). The molecule has 0 saturated carbocycles. The van der Waals surface area contributed by atoms with Crippen LogP contribution in [0.5, 0.6) is 0 Å². The highest BCUT2D eigenvalue weighted by Gasteiger charge is 2.39. The van der Waals surface area contributed by atoms with E-state index >= 15 is 0 Å². The van der Waals surface area contributed by atoms with Gasteiger partial charge in [0.1, 0.15) is 6.04 Å². The molecule has 4 nitrogen and oxygen atoms in total. The van der Waals surface area contributed by atoms with Gasteiger partial charge in [-0.25, -0.2) is 0 Å². The molecule has 15 heavy (non-hydrogen) atoms. The summed E-state index contributed by atoms with van der Waals surface area (Å²) in [6.07, 6.45) is 2.64. The molecule has 84 valence electrons. The van der Waals surface area contributed by atoms with Gasteiger partial charge in [0, 0.05) is 20.1 Å². The second-order valence-electron chi connectivity index (χ2n) is 4.21. The van der Waals surface area contributed by atoms with Crippen LogP contribution in [0.4, 0.5) is 0 Å². The van der Waals surface area contributed by atoms with Crippen molar-refractivity contribution < 1.29 is 9.59 Å². The van der Waals surface area contributed by atoms with E-state index in [0.29, 0.717) is 0 Å². The SMILES string of the molecule is CN1CCC(N2CCCC(Br)C2=O)C1=O. The third-order valence-corrected chi connectivity index (χ3v) is 4.03. The predicted octanol–water partition coefficient (Wildman–Crippen LogP) is 0.603. The van der Waals surface area contributed by atoms with Crippen molar-refractivity contribution >= 4 is 27.7 Å². The van der Waals surface area contributed by atoms with Crippen molar-refractivity contribution in [2.24, 2.45) is 0 Å². The molecule has 5 heteroatoms. The van der Waals surface area contributed by atoms with Crippen LogP contribution in [0.2, 0.25) is 0 Å². The van der Waals surface area contributed by atoms with Gasteiger partial charge in [-0.05, 0) is 19.3 Å². The smallest absolute Gasteiger partial charge is 0.245 e. The quantitative estimate of drug-likeness (QED) is 0.658. The van der Waals surface area contributed by atoms with Gasteiger partial charge in [-0.3, -0.25) is 9.59 Å². The third kappa shape index (κ3) is 1.89. The van der Waals surface area contributed by atoms with Gasteiger partial charge < -0.3 is 9.80 Å². The molecule has 0 bridgehead atoms. The maximum absolute atomic E-state index is 11.9. The maximum Gasteiger partial charge on any atom is 0.245 e. The summed E-state index contributed by atoms with van der Waals surface area (Å²) in [7, 11) is 1.79. The Morgan fingerprint density at radius 1 is 1.20 bits per heavy atom. The number of piperidine rings is 1. The maximum atomic E-state index is 11.9. The first kappa shape index (κ1) is 10.9. The van der Waals surface area contributed by atoms with Crippen molar-refractivity contribution in [3.63, 3.8) is 0 Å². The lowest BCUT2D eigenvalue weighted by Crippen LogP contribution is -2.50. The highest BCUT2D eigenvalue weighted by molar-refractivity contribution is 9.10. The number of amides is 2. The molecule has 0 aromatic carbocycles. The number of likely N-dealkylation sites (N-methyl/N-ethyl adjacent to an activating group) is 1. The molecule has 2 heterocycles. The first-order valence-corrected chi connectivity index (χ1v) is 6.22. The molecule has 2 saturated heterocycles. The molecule has 0 spiro atoms. The van der Waals surface area contributed by atoms with Crippen molar-refractivity contribution in [2.75, 3.05) is 20.1 Å². The van der Waals surface area contributed by atoms with E-state index in [-0.39, 0.29) is 22.7 Å². The van der Waals surface area contributed by atoms with Crippen molar-refractivity contribution in [2.45, 2.75) is 30.1 Å². The summed E-state index contributed by atoms with van der Waals surface area (Å²) in [4.78, 5) is 27.0. The Bertz CT molecular complexity index is 295. The van der Waals surface area contributed by atoms with Gasteiger partial charge in [-0.1, -0.05) is 15.9 Å². The van der Waals surface area contributed by atoms with E-state index in [9.17, 15) is 9.59 Å². The van der Waals surface area contributed by atoms with Gasteiger partial charge in [0.2, 0.25) is 11.8 Å². The zero-order valence-electron chi connectivity index (χ0n) is 8.78. The zero-order valence-corrected chi connectivity index (χ0v) is 10.4. The van der Waals surface area contributed by atoms with E-state index in [1.807, 2.05) is 0 Å². The minimum absolute atomic E-state index is 0.0786.